The second-order valence-corrected chi connectivity index (χ2v) is 4.97. The van der Waals surface area contributed by atoms with E-state index in [1.54, 1.807) is 6.20 Å². The Bertz CT molecular complexity index is 395. The zero-order valence-corrected chi connectivity index (χ0v) is 13.8. The van der Waals surface area contributed by atoms with Crippen LogP contribution in [0, 0.1) is 0 Å². The third-order valence-corrected chi connectivity index (χ3v) is 3.72. The van der Waals surface area contributed by atoms with E-state index < -0.39 is 0 Å². The van der Waals surface area contributed by atoms with Crippen molar-refractivity contribution in [1.82, 2.24) is 15.2 Å². The van der Waals surface area contributed by atoms with Crippen LogP contribution < -0.4 is 5.32 Å². The molecule has 6 heteroatoms. The van der Waals surface area contributed by atoms with Crippen LogP contribution in [-0.4, -0.2) is 36.1 Å². The second-order valence-electron chi connectivity index (χ2n) is 4.56. The molecule has 1 aromatic heterocycles. The van der Waals surface area contributed by atoms with Crippen molar-refractivity contribution in [3.8, 4) is 0 Å². The molecule has 0 bridgehead atoms. The molecule has 1 aliphatic rings. The Morgan fingerprint density at radius 2 is 2.10 bits per heavy atom. The van der Waals surface area contributed by atoms with Crippen LogP contribution >= 0.6 is 36.4 Å². The molecule has 0 radical (unpaired) electrons. The standard InChI is InChI=1S/C14H20ClN3.2ClH/c1-2-3-4-14(18-9-7-16-8-10-18)12-5-6-17-11-13(12)15;;/h2,5-6,11,14,16H,1,3-4,7-10H2;2*1H/t14-;;/m0../s1. The Labute approximate surface area is 138 Å². The van der Waals surface area contributed by atoms with E-state index in [1.807, 2.05) is 18.3 Å². The first-order valence-electron chi connectivity index (χ1n) is 6.48. The van der Waals surface area contributed by atoms with Gasteiger partial charge in [-0.25, -0.2) is 0 Å². The van der Waals surface area contributed by atoms with Gasteiger partial charge in [-0.1, -0.05) is 17.7 Å². The molecule has 0 aliphatic carbocycles. The number of hydrogen-bond donors (Lipinski definition) is 1. The van der Waals surface area contributed by atoms with Crippen molar-refractivity contribution in [1.29, 1.82) is 0 Å². The summed E-state index contributed by atoms with van der Waals surface area (Å²) >= 11 is 6.29. The molecule has 1 saturated heterocycles. The largest absolute Gasteiger partial charge is 0.314 e. The summed E-state index contributed by atoms with van der Waals surface area (Å²) in [6.45, 7) is 8.06. The summed E-state index contributed by atoms with van der Waals surface area (Å²) in [5.74, 6) is 0. The molecular formula is C14H22Cl3N3. The summed E-state index contributed by atoms with van der Waals surface area (Å²) in [4.78, 5) is 6.57. The Hall–Kier alpha value is -0.320. The van der Waals surface area contributed by atoms with Gasteiger partial charge in [0.15, 0.2) is 0 Å². The molecule has 2 heterocycles. The number of aromatic nitrogens is 1. The lowest BCUT2D eigenvalue weighted by Crippen LogP contribution is -2.45. The van der Waals surface area contributed by atoms with Crippen molar-refractivity contribution in [2.75, 3.05) is 26.2 Å². The molecule has 20 heavy (non-hydrogen) atoms. The maximum absolute atomic E-state index is 6.29. The van der Waals surface area contributed by atoms with Crippen molar-refractivity contribution in [2.24, 2.45) is 0 Å². The Balaban J connectivity index is 0.00000180. The minimum atomic E-state index is 0. The van der Waals surface area contributed by atoms with Crippen molar-refractivity contribution in [3.63, 3.8) is 0 Å². The van der Waals surface area contributed by atoms with E-state index >= 15 is 0 Å². The molecule has 0 spiro atoms. The van der Waals surface area contributed by atoms with Crippen molar-refractivity contribution in [2.45, 2.75) is 18.9 Å². The van der Waals surface area contributed by atoms with E-state index in [0.29, 0.717) is 6.04 Å². The van der Waals surface area contributed by atoms with E-state index in [0.717, 1.165) is 44.0 Å². The number of halogens is 3. The molecule has 0 saturated carbocycles. The quantitative estimate of drug-likeness (QED) is 0.833. The molecular weight excluding hydrogens is 317 g/mol. The highest BCUT2D eigenvalue weighted by molar-refractivity contribution is 6.31. The van der Waals surface area contributed by atoms with E-state index in [2.05, 4.69) is 21.8 Å². The third kappa shape index (κ3) is 5.23. The number of allylic oxidation sites excluding steroid dienone is 1. The summed E-state index contributed by atoms with van der Waals surface area (Å²) in [6.07, 6.45) is 7.61. The van der Waals surface area contributed by atoms with Crippen LogP contribution in [0.1, 0.15) is 24.4 Å². The minimum Gasteiger partial charge on any atom is -0.314 e. The molecule has 2 rings (SSSR count). The first-order chi connectivity index (χ1) is 8.83. The maximum atomic E-state index is 6.29. The van der Waals surface area contributed by atoms with Gasteiger partial charge >= 0.3 is 0 Å². The highest BCUT2D eigenvalue weighted by Gasteiger charge is 2.23. The summed E-state index contributed by atoms with van der Waals surface area (Å²) in [5.41, 5.74) is 1.19. The summed E-state index contributed by atoms with van der Waals surface area (Å²) in [5, 5.41) is 4.15. The van der Waals surface area contributed by atoms with Gasteiger partial charge in [-0.15, -0.1) is 31.4 Å². The van der Waals surface area contributed by atoms with Crippen molar-refractivity contribution < 1.29 is 0 Å². The topological polar surface area (TPSA) is 28.2 Å². The molecule has 1 fully saturated rings. The van der Waals surface area contributed by atoms with E-state index in [1.165, 1.54) is 5.56 Å². The Morgan fingerprint density at radius 3 is 2.70 bits per heavy atom. The molecule has 0 amide bonds. The lowest BCUT2D eigenvalue weighted by Gasteiger charge is -2.35. The van der Waals surface area contributed by atoms with E-state index in [4.69, 9.17) is 11.6 Å². The predicted molar refractivity (Wildman–Crippen MR) is 90.4 cm³/mol. The fourth-order valence-electron chi connectivity index (χ4n) is 2.46. The lowest BCUT2D eigenvalue weighted by atomic mass is 10.0. The monoisotopic (exact) mass is 337 g/mol. The second kappa shape index (κ2) is 10.4. The molecule has 1 aromatic rings. The molecule has 0 unspecified atom stereocenters. The van der Waals surface area contributed by atoms with Crippen LogP contribution in [-0.2, 0) is 0 Å². The first-order valence-corrected chi connectivity index (χ1v) is 6.86. The van der Waals surface area contributed by atoms with Crippen LogP contribution in [0.3, 0.4) is 0 Å². The van der Waals surface area contributed by atoms with Gasteiger partial charge in [-0.2, -0.15) is 0 Å². The normalized spacial score (nSPS) is 16.6. The van der Waals surface area contributed by atoms with Gasteiger partial charge < -0.3 is 5.32 Å². The predicted octanol–water partition coefficient (Wildman–Crippen LogP) is 3.49. The molecule has 1 aliphatic heterocycles. The summed E-state index contributed by atoms with van der Waals surface area (Å²) < 4.78 is 0. The fraction of sp³-hybridized carbons (Fsp3) is 0.500. The van der Waals surface area contributed by atoms with Crippen LogP contribution in [0.25, 0.3) is 0 Å². The summed E-state index contributed by atoms with van der Waals surface area (Å²) in [6, 6.07) is 2.42. The van der Waals surface area contributed by atoms with Gasteiger partial charge in [0.2, 0.25) is 0 Å². The van der Waals surface area contributed by atoms with Gasteiger partial charge in [0, 0.05) is 44.6 Å². The number of nitrogens with one attached hydrogen (secondary N) is 1. The molecule has 1 atom stereocenters. The third-order valence-electron chi connectivity index (χ3n) is 3.40. The number of nitrogens with zero attached hydrogens (tertiary/aromatic N) is 2. The number of piperazine rings is 1. The first kappa shape index (κ1) is 19.7. The fourth-order valence-corrected chi connectivity index (χ4v) is 2.71. The smallest absolute Gasteiger partial charge is 0.0637 e. The van der Waals surface area contributed by atoms with Gasteiger partial charge in [0.25, 0.3) is 0 Å². The zero-order chi connectivity index (χ0) is 12.8. The maximum Gasteiger partial charge on any atom is 0.0637 e. The average molecular weight is 339 g/mol. The number of hydrogen-bond acceptors (Lipinski definition) is 3. The van der Waals surface area contributed by atoms with E-state index in [9.17, 15) is 0 Å². The molecule has 0 aromatic carbocycles. The molecule has 114 valence electrons. The molecule has 1 N–H and O–H groups in total. The highest BCUT2D eigenvalue weighted by Crippen LogP contribution is 2.30. The van der Waals surface area contributed by atoms with Crippen molar-refractivity contribution in [3.05, 3.63) is 41.7 Å². The van der Waals surface area contributed by atoms with Crippen LogP contribution in [0.4, 0.5) is 0 Å². The minimum absolute atomic E-state index is 0. The van der Waals surface area contributed by atoms with Crippen LogP contribution in [0.2, 0.25) is 5.02 Å². The van der Waals surface area contributed by atoms with Gasteiger partial charge in [0.1, 0.15) is 0 Å². The van der Waals surface area contributed by atoms with Crippen LogP contribution in [0.5, 0.6) is 0 Å². The zero-order valence-electron chi connectivity index (χ0n) is 11.4. The SMILES string of the molecule is C=CCC[C@@H](c1ccncc1Cl)N1CCNCC1.Cl.Cl. The lowest BCUT2D eigenvalue weighted by molar-refractivity contribution is 0.166. The highest BCUT2D eigenvalue weighted by atomic mass is 35.5. The average Bonchev–Trinajstić information content (AvgIpc) is 2.42. The van der Waals surface area contributed by atoms with E-state index in [-0.39, 0.29) is 24.8 Å². The summed E-state index contributed by atoms with van der Waals surface area (Å²) in [7, 11) is 0. The van der Waals surface area contributed by atoms with Crippen LogP contribution in [0.15, 0.2) is 31.1 Å². The van der Waals surface area contributed by atoms with Gasteiger partial charge in [0.05, 0.1) is 5.02 Å². The van der Waals surface area contributed by atoms with Crippen molar-refractivity contribution >= 4 is 36.4 Å². The number of rotatable bonds is 5. The Kier molecular flexibility index (Phi) is 10.2. The Morgan fingerprint density at radius 1 is 1.40 bits per heavy atom. The van der Waals surface area contributed by atoms with Gasteiger partial charge in [-0.05, 0) is 24.5 Å². The van der Waals surface area contributed by atoms with Gasteiger partial charge in [-0.3, -0.25) is 9.88 Å². The molecule has 3 nitrogen and oxygen atoms in total. The number of pyridine rings is 1.